The van der Waals surface area contributed by atoms with Crippen molar-refractivity contribution in [2.75, 3.05) is 38.2 Å². The highest BCUT2D eigenvalue weighted by molar-refractivity contribution is 6.02. The second kappa shape index (κ2) is 7.79. The predicted molar refractivity (Wildman–Crippen MR) is 118 cm³/mol. The van der Waals surface area contributed by atoms with Crippen molar-refractivity contribution >= 4 is 33.5 Å². The Balaban J connectivity index is 1.35. The van der Waals surface area contributed by atoms with E-state index in [-0.39, 0.29) is 12.5 Å². The van der Waals surface area contributed by atoms with Gasteiger partial charge in [-0.1, -0.05) is 24.3 Å². The average Bonchev–Trinajstić information content (AvgIpc) is 3.24. The number of hydrogen-bond acceptors (Lipinski definition) is 6. The highest BCUT2D eigenvalue weighted by Gasteiger charge is 2.24. The largest absolute Gasteiger partial charge is 0.495 e. The average molecular weight is 418 g/mol. The predicted octanol–water partition coefficient (Wildman–Crippen LogP) is 2.50. The second-order valence-electron chi connectivity index (χ2n) is 7.49. The lowest BCUT2D eigenvalue weighted by Gasteiger charge is -2.36. The molecule has 1 amide bonds. The highest BCUT2D eigenvalue weighted by Crippen LogP contribution is 2.28. The van der Waals surface area contributed by atoms with Gasteiger partial charge in [-0.05, 0) is 24.3 Å². The lowest BCUT2D eigenvalue weighted by atomic mass is 10.2. The Hall–Kier alpha value is -3.81. The van der Waals surface area contributed by atoms with Crippen LogP contribution in [0.1, 0.15) is 0 Å². The van der Waals surface area contributed by atoms with Gasteiger partial charge in [-0.2, -0.15) is 5.10 Å². The van der Waals surface area contributed by atoms with Crippen LogP contribution in [0.5, 0.6) is 5.75 Å². The molecule has 2 aromatic heterocycles. The van der Waals surface area contributed by atoms with Gasteiger partial charge in [0.15, 0.2) is 0 Å². The number of hydrogen-bond donors (Lipinski definition) is 0. The SMILES string of the molecule is COc1ccccc1N1CCN(C(=O)Cn2ncc3c(=O)oc4ccccc4c32)CC1. The molecule has 5 rings (SSSR count). The van der Waals surface area contributed by atoms with Crippen molar-refractivity contribution < 1.29 is 13.9 Å². The lowest BCUT2D eigenvalue weighted by Crippen LogP contribution is -2.49. The molecule has 0 atom stereocenters. The molecule has 4 aromatic rings. The number of rotatable bonds is 4. The fourth-order valence-electron chi connectivity index (χ4n) is 4.16. The van der Waals surface area contributed by atoms with Crippen LogP contribution in [-0.4, -0.2) is 53.9 Å². The molecule has 0 aliphatic carbocycles. The van der Waals surface area contributed by atoms with Gasteiger partial charge in [-0.15, -0.1) is 0 Å². The van der Waals surface area contributed by atoms with Crippen LogP contribution in [0.4, 0.5) is 5.69 Å². The number of fused-ring (bicyclic) bond motifs is 3. The summed E-state index contributed by atoms with van der Waals surface area (Å²) >= 11 is 0. The van der Waals surface area contributed by atoms with Gasteiger partial charge >= 0.3 is 5.63 Å². The molecule has 1 fully saturated rings. The first kappa shape index (κ1) is 19.2. The lowest BCUT2D eigenvalue weighted by molar-refractivity contribution is -0.132. The maximum absolute atomic E-state index is 13.0. The number of ether oxygens (including phenoxy) is 1. The third kappa shape index (κ3) is 3.39. The third-order valence-corrected chi connectivity index (χ3v) is 5.75. The molecule has 8 heteroatoms. The van der Waals surface area contributed by atoms with Crippen molar-refractivity contribution in [2.45, 2.75) is 6.54 Å². The molecule has 8 nitrogen and oxygen atoms in total. The molecule has 31 heavy (non-hydrogen) atoms. The van der Waals surface area contributed by atoms with E-state index >= 15 is 0 Å². The van der Waals surface area contributed by atoms with E-state index in [2.05, 4.69) is 10.00 Å². The first-order valence-electron chi connectivity index (χ1n) is 10.2. The zero-order valence-electron chi connectivity index (χ0n) is 17.2. The molecule has 0 N–H and O–H groups in total. The summed E-state index contributed by atoms with van der Waals surface area (Å²) in [6, 6.07) is 15.2. The van der Waals surface area contributed by atoms with Crippen molar-refractivity contribution in [3.05, 3.63) is 65.1 Å². The first-order valence-corrected chi connectivity index (χ1v) is 10.2. The van der Waals surface area contributed by atoms with Crippen LogP contribution in [0.25, 0.3) is 21.9 Å². The summed E-state index contributed by atoms with van der Waals surface area (Å²) in [5.41, 5.74) is 1.71. The minimum absolute atomic E-state index is 0.0259. The number of aromatic nitrogens is 2. The van der Waals surface area contributed by atoms with E-state index in [0.717, 1.165) is 29.9 Å². The van der Waals surface area contributed by atoms with Crippen LogP contribution >= 0.6 is 0 Å². The number of methoxy groups -OCH3 is 1. The number of benzene rings is 2. The fourth-order valence-corrected chi connectivity index (χ4v) is 4.16. The Bertz CT molecular complexity index is 1320. The Labute approximate surface area is 178 Å². The number of carbonyl (C=O) groups is 1. The Morgan fingerprint density at radius 2 is 1.77 bits per heavy atom. The number of anilines is 1. The van der Waals surface area contributed by atoms with Crippen molar-refractivity contribution in [1.29, 1.82) is 0 Å². The Morgan fingerprint density at radius 1 is 1.03 bits per heavy atom. The van der Waals surface area contributed by atoms with Gasteiger partial charge in [0.2, 0.25) is 5.91 Å². The summed E-state index contributed by atoms with van der Waals surface area (Å²) in [7, 11) is 1.66. The van der Waals surface area contributed by atoms with Crippen LogP contribution < -0.4 is 15.3 Å². The molecule has 0 unspecified atom stereocenters. The normalized spacial score (nSPS) is 14.4. The molecule has 3 heterocycles. The summed E-state index contributed by atoms with van der Waals surface area (Å²) in [6.45, 7) is 2.74. The zero-order valence-corrected chi connectivity index (χ0v) is 17.2. The van der Waals surface area contributed by atoms with Gasteiger partial charge in [-0.3, -0.25) is 9.48 Å². The molecule has 0 spiro atoms. The summed E-state index contributed by atoms with van der Waals surface area (Å²) in [5, 5.41) is 5.46. The third-order valence-electron chi connectivity index (χ3n) is 5.75. The zero-order chi connectivity index (χ0) is 21.4. The van der Waals surface area contributed by atoms with E-state index in [9.17, 15) is 9.59 Å². The van der Waals surface area contributed by atoms with Crippen LogP contribution in [0.2, 0.25) is 0 Å². The van der Waals surface area contributed by atoms with E-state index in [4.69, 9.17) is 9.15 Å². The van der Waals surface area contributed by atoms with E-state index < -0.39 is 5.63 Å². The van der Waals surface area contributed by atoms with E-state index in [1.807, 2.05) is 47.4 Å². The maximum Gasteiger partial charge on any atom is 0.347 e. The van der Waals surface area contributed by atoms with Gasteiger partial charge < -0.3 is 19.0 Å². The van der Waals surface area contributed by atoms with E-state index in [1.165, 1.54) is 6.20 Å². The standard InChI is InChI=1S/C23H22N4O4/c1-30-20-9-5-3-7-18(20)25-10-12-26(13-11-25)21(28)15-27-22-16-6-2-4-8-19(16)31-23(29)17(22)14-24-27/h2-9,14H,10-13,15H2,1H3. The first-order chi connectivity index (χ1) is 15.2. The second-order valence-corrected chi connectivity index (χ2v) is 7.49. The van der Waals surface area contributed by atoms with Gasteiger partial charge in [0.05, 0.1) is 24.5 Å². The summed E-state index contributed by atoms with van der Waals surface area (Å²) in [6.07, 6.45) is 1.47. The molecular weight excluding hydrogens is 396 g/mol. The van der Waals surface area contributed by atoms with Crippen LogP contribution in [0.15, 0.2) is 63.9 Å². The maximum atomic E-state index is 13.0. The van der Waals surface area contributed by atoms with Gasteiger partial charge in [-0.25, -0.2) is 4.79 Å². The highest BCUT2D eigenvalue weighted by atomic mass is 16.5. The van der Waals surface area contributed by atoms with Crippen LogP contribution in [0, 0.1) is 0 Å². The molecular formula is C23H22N4O4. The van der Waals surface area contributed by atoms with E-state index in [0.29, 0.717) is 29.6 Å². The number of carbonyl (C=O) groups excluding carboxylic acids is 1. The minimum atomic E-state index is -0.446. The molecule has 0 radical (unpaired) electrons. The van der Waals surface area contributed by atoms with Crippen molar-refractivity contribution in [3.63, 3.8) is 0 Å². The number of amides is 1. The number of nitrogens with zero attached hydrogens (tertiary/aromatic N) is 4. The molecule has 2 aromatic carbocycles. The minimum Gasteiger partial charge on any atom is -0.495 e. The van der Waals surface area contributed by atoms with E-state index in [1.54, 1.807) is 17.9 Å². The Kier molecular flexibility index (Phi) is 4.82. The smallest absolute Gasteiger partial charge is 0.347 e. The van der Waals surface area contributed by atoms with Gasteiger partial charge in [0, 0.05) is 31.6 Å². The van der Waals surface area contributed by atoms with Crippen LogP contribution in [-0.2, 0) is 11.3 Å². The molecule has 0 saturated carbocycles. The van der Waals surface area contributed by atoms with Crippen molar-refractivity contribution in [3.8, 4) is 5.75 Å². The van der Waals surface area contributed by atoms with Gasteiger partial charge in [0.25, 0.3) is 0 Å². The number of piperazine rings is 1. The number of para-hydroxylation sites is 3. The Morgan fingerprint density at radius 3 is 2.58 bits per heavy atom. The molecule has 158 valence electrons. The summed E-state index contributed by atoms with van der Waals surface area (Å²) < 4.78 is 12.4. The van der Waals surface area contributed by atoms with Crippen molar-refractivity contribution in [1.82, 2.24) is 14.7 Å². The molecule has 1 aliphatic rings. The van der Waals surface area contributed by atoms with Crippen LogP contribution in [0.3, 0.4) is 0 Å². The molecule has 1 aliphatic heterocycles. The summed E-state index contributed by atoms with van der Waals surface area (Å²) in [5.74, 6) is 0.804. The molecule has 0 bridgehead atoms. The monoisotopic (exact) mass is 418 g/mol. The quantitative estimate of drug-likeness (QED) is 0.474. The van der Waals surface area contributed by atoms with Crippen molar-refractivity contribution in [2.24, 2.45) is 0 Å². The van der Waals surface area contributed by atoms with Gasteiger partial charge in [0.1, 0.15) is 23.3 Å². The summed E-state index contributed by atoms with van der Waals surface area (Å²) in [4.78, 5) is 29.4. The molecule has 1 saturated heterocycles. The fraction of sp³-hybridized carbons (Fsp3) is 0.261. The topological polar surface area (TPSA) is 80.8 Å².